The highest BCUT2D eigenvalue weighted by molar-refractivity contribution is 5.98. The van der Waals surface area contributed by atoms with Crippen LogP contribution in [0.25, 0.3) is 0 Å². The normalized spacial score (nSPS) is 10.8. The first-order valence-corrected chi connectivity index (χ1v) is 5.39. The summed E-state index contributed by atoms with van der Waals surface area (Å²) in [6.45, 7) is 4.12. The average Bonchev–Trinajstić information content (AvgIpc) is 2.26. The van der Waals surface area contributed by atoms with E-state index in [0.29, 0.717) is 6.54 Å². The second kappa shape index (κ2) is 6.68. The van der Waals surface area contributed by atoms with E-state index in [2.05, 4.69) is 6.58 Å². The van der Waals surface area contributed by atoms with E-state index in [1.807, 2.05) is 14.1 Å². The third kappa shape index (κ3) is 4.90. The summed E-state index contributed by atoms with van der Waals surface area (Å²) in [5.41, 5.74) is 0.748. The third-order valence-electron chi connectivity index (χ3n) is 2.31. The summed E-state index contributed by atoms with van der Waals surface area (Å²) < 4.78 is 0. The summed E-state index contributed by atoms with van der Waals surface area (Å²) in [4.78, 5) is 27.4. The minimum Gasteiger partial charge on any atom is -0.503 e. The maximum Gasteiger partial charge on any atom is 0.288 e. The van der Waals surface area contributed by atoms with Crippen molar-refractivity contribution >= 4 is 11.8 Å². The fourth-order valence-corrected chi connectivity index (χ4v) is 1.01. The van der Waals surface area contributed by atoms with Gasteiger partial charge in [0.05, 0.1) is 12.6 Å². The Kier molecular flexibility index (Phi) is 5.95. The summed E-state index contributed by atoms with van der Waals surface area (Å²) in [5.74, 6) is -1.64. The Morgan fingerprint density at radius 2 is 1.61 bits per heavy atom. The molecule has 0 aromatic rings. The lowest BCUT2D eigenvalue weighted by molar-refractivity contribution is -0.129. The van der Waals surface area contributed by atoms with Crippen molar-refractivity contribution in [2.24, 2.45) is 0 Å². The summed E-state index contributed by atoms with van der Waals surface area (Å²) in [5, 5.41) is 9.44. The topological polar surface area (TPSA) is 64.1 Å². The lowest BCUT2D eigenvalue weighted by atomic mass is 10.3. The van der Waals surface area contributed by atoms with Gasteiger partial charge in [0.1, 0.15) is 0 Å². The van der Waals surface area contributed by atoms with Gasteiger partial charge >= 0.3 is 0 Å². The maximum atomic E-state index is 11.7. The second-order valence-corrected chi connectivity index (χ2v) is 4.38. The molecule has 0 saturated heterocycles. The number of hydrogen-bond acceptors (Lipinski definition) is 4. The number of carbonyl (C=O) groups is 2. The van der Waals surface area contributed by atoms with Gasteiger partial charge in [0, 0.05) is 40.9 Å². The molecule has 0 rings (SSSR count). The molecule has 0 saturated carbocycles. The number of carbonyl (C=O) groups excluding carboxylic acids is 2. The van der Waals surface area contributed by atoms with Gasteiger partial charge in [0.15, 0.2) is 5.76 Å². The molecule has 0 radical (unpaired) electrons. The van der Waals surface area contributed by atoms with Crippen LogP contribution in [0.3, 0.4) is 0 Å². The fraction of sp³-hybridized carbons (Fsp3) is 0.500. The lowest BCUT2D eigenvalue weighted by Gasteiger charge is -2.22. The van der Waals surface area contributed by atoms with Gasteiger partial charge < -0.3 is 19.8 Å². The molecular formula is C12H21N3O3. The Labute approximate surface area is 108 Å². The highest BCUT2D eigenvalue weighted by Crippen LogP contribution is 2.01. The van der Waals surface area contributed by atoms with Crippen molar-refractivity contribution in [2.45, 2.75) is 0 Å². The summed E-state index contributed by atoms with van der Waals surface area (Å²) in [6, 6.07) is 0. The zero-order valence-corrected chi connectivity index (χ0v) is 11.6. The highest BCUT2D eigenvalue weighted by atomic mass is 16.3. The fourth-order valence-electron chi connectivity index (χ4n) is 1.01. The molecule has 6 heteroatoms. The molecule has 0 heterocycles. The van der Waals surface area contributed by atoms with Gasteiger partial charge in [0.2, 0.25) is 0 Å². The van der Waals surface area contributed by atoms with Crippen molar-refractivity contribution in [2.75, 3.05) is 41.8 Å². The summed E-state index contributed by atoms with van der Waals surface area (Å²) in [7, 11) is 8.21. The van der Waals surface area contributed by atoms with Crippen LogP contribution in [0.5, 0.6) is 0 Å². The van der Waals surface area contributed by atoms with Gasteiger partial charge in [-0.3, -0.25) is 9.59 Å². The number of likely N-dealkylation sites (N-methyl/N-ethyl adjacent to an activating group) is 3. The van der Waals surface area contributed by atoms with Crippen molar-refractivity contribution in [1.29, 1.82) is 0 Å². The van der Waals surface area contributed by atoms with E-state index in [1.54, 1.807) is 11.9 Å². The van der Waals surface area contributed by atoms with E-state index in [4.69, 9.17) is 0 Å². The van der Waals surface area contributed by atoms with Crippen LogP contribution in [-0.4, -0.2) is 73.4 Å². The van der Waals surface area contributed by atoms with E-state index >= 15 is 0 Å². The van der Waals surface area contributed by atoms with Gasteiger partial charge in [-0.2, -0.15) is 0 Å². The molecular weight excluding hydrogens is 234 g/mol. The Balaban J connectivity index is 4.62. The molecule has 0 fully saturated rings. The number of nitrogens with zero attached hydrogens (tertiary/aromatic N) is 3. The molecule has 0 aromatic heterocycles. The van der Waals surface area contributed by atoms with Crippen LogP contribution in [0.15, 0.2) is 24.1 Å². The van der Waals surface area contributed by atoms with E-state index in [1.165, 1.54) is 23.9 Å². The van der Waals surface area contributed by atoms with Crippen LogP contribution >= 0.6 is 0 Å². The van der Waals surface area contributed by atoms with Crippen molar-refractivity contribution in [3.8, 4) is 0 Å². The molecule has 2 amide bonds. The van der Waals surface area contributed by atoms with Gasteiger partial charge in [-0.25, -0.2) is 0 Å². The number of aliphatic hydroxyl groups excluding tert-OH is 1. The van der Waals surface area contributed by atoms with Crippen molar-refractivity contribution in [1.82, 2.24) is 14.7 Å². The Morgan fingerprint density at radius 3 is 2.00 bits per heavy atom. The standard InChI is InChI=1S/C12H21N3O3/c1-9(13(2)3)8-15(6)11(17)7-10(16)12(18)14(4)5/h7,16H,1,8H2,2-6H3. The molecule has 6 nitrogen and oxygen atoms in total. The molecule has 0 aliphatic carbocycles. The van der Waals surface area contributed by atoms with Gasteiger partial charge in [0.25, 0.3) is 11.8 Å². The molecule has 0 spiro atoms. The van der Waals surface area contributed by atoms with Crippen LogP contribution in [0, 0.1) is 0 Å². The van der Waals surface area contributed by atoms with Gasteiger partial charge in [-0.1, -0.05) is 6.58 Å². The van der Waals surface area contributed by atoms with Gasteiger partial charge in [-0.05, 0) is 0 Å². The lowest BCUT2D eigenvalue weighted by Crippen LogP contribution is -2.32. The minimum absolute atomic E-state index is 0.325. The average molecular weight is 255 g/mol. The van der Waals surface area contributed by atoms with E-state index in [9.17, 15) is 14.7 Å². The van der Waals surface area contributed by atoms with Crippen LogP contribution in [0.2, 0.25) is 0 Å². The minimum atomic E-state index is -0.608. The largest absolute Gasteiger partial charge is 0.503 e. The van der Waals surface area contributed by atoms with E-state index in [0.717, 1.165) is 11.8 Å². The van der Waals surface area contributed by atoms with Crippen molar-refractivity contribution < 1.29 is 14.7 Å². The van der Waals surface area contributed by atoms with E-state index in [-0.39, 0.29) is 0 Å². The molecule has 0 aliphatic heterocycles. The number of amides is 2. The molecule has 102 valence electrons. The quantitative estimate of drug-likeness (QED) is 0.557. The Morgan fingerprint density at radius 1 is 1.11 bits per heavy atom. The first kappa shape index (κ1) is 16.0. The Hall–Kier alpha value is -1.98. The highest BCUT2D eigenvalue weighted by Gasteiger charge is 2.14. The maximum absolute atomic E-state index is 11.7. The number of rotatable bonds is 5. The molecule has 0 bridgehead atoms. The summed E-state index contributed by atoms with van der Waals surface area (Å²) >= 11 is 0. The Bertz CT molecular complexity index is 373. The second-order valence-electron chi connectivity index (χ2n) is 4.38. The summed E-state index contributed by atoms with van der Waals surface area (Å²) in [6.07, 6.45) is 0.908. The molecule has 0 aliphatic rings. The van der Waals surface area contributed by atoms with Crippen molar-refractivity contribution in [3.63, 3.8) is 0 Å². The smallest absolute Gasteiger partial charge is 0.288 e. The first-order chi connectivity index (χ1) is 8.16. The van der Waals surface area contributed by atoms with Gasteiger partial charge in [-0.15, -0.1) is 0 Å². The SMILES string of the molecule is C=C(CN(C)C(=O)C=C(O)C(=O)N(C)C)N(C)C. The molecule has 0 unspecified atom stereocenters. The van der Waals surface area contributed by atoms with Crippen LogP contribution in [0.4, 0.5) is 0 Å². The number of aliphatic hydroxyl groups is 1. The van der Waals surface area contributed by atoms with Crippen LogP contribution in [0.1, 0.15) is 0 Å². The molecule has 0 aromatic carbocycles. The zero-order valence-electron chi connectivity index (χ0n) is 11.6. The molecule has 0 atom stereocenters. The van der Waals surface area contributed by atoms with Crippen LogP contribution < -0.4 is 0 Å². The third-order valence-corrected chi connectivity index (χ3v) is 2.31. The number of hydrogen-bond donors (Lipinski definition) is 1. The monoisotopic (exact) mass is 255 g/mol. The van der Waals surface area contributed by atoms with E-state index < -0.39 is 17.6 Å². The molecule has 1 N–H and O–H groups in total. The van der Waals surface area contributed by atoms with Crippen LogP contribution in [-0.2, 0) is 9.59 Å². The zero-order chi connectivity index (χ0) is 14.5. The molecule has 18 heavy (non-hydrogen) atoms. The predicted octanol–water partition coefficient (Wildman–Crippen LogP) is 0.0502. The first-order valence-electron chi connectivity index (χ1n) is 5.39. The van der Waals surface area contributed by atoms with Crippen molar-refractivity contribution in [3.05, 3.63) is 24.1 Å². The predicted molar refractivity (Wildman–Crippen MR) is 69.9 cm³/mol.